The van der Waals surface area contributed by atoms with Crippen molar-refractivity contribution in [1.29, 1.82) is 0 Å². The van der Waals surface area contributed by atoms with E-state index in [4.69, 9.17) is 0 Å². The zero-order chi connectivity index (χ0) is 4.24. The Morgan fingerprint density at radius 2 is 1.43 bits per heavy atom. The molecule has 0 atom stereocenters. The van der Waals surface area contributed by atoms with Crippen LogP contribution in [0.5, 0.6) is 0 Å². The Labute approximate surface area is 56.3 Å². The Bertz CT molecular complexity index is 76.1. The van der Waals surface area contributed by atoms with Crippen LogP contribution in [0, 0.1) is 6.07 Å². The van der Waals surface area contributed by atoms with E-state index in [9.17, 15) is 0 Å². The maximum Gasteiger partial charge on any atom is 2.00 e. The van der Waals surface area contributed by atoms with Gasteiger partial charge in [0.25, 0.3) is 0 Å². The molecule has 0 aliphatic heterocycles. The van der Waals surface area contributed by atoms with Gasteiger partial charge in [-0.2, -0.15) is 36.4 Å². The summed E-state index contributed by atoms with van der Waals surface area (Å²) in [7, 11) is 0. The van der Waals surface area contributed by atoms with Crippen molar-refractivity contribution in [1.82, 2.24) is 0 Å². The van der Waals surface area contributed by atoms with E-state index in [1.807, 2.05) is 30.3 Å². The molecule has 0 bridgehead atoms. The predicted octanol–water partition coefficient (Wildman–Crippen LogP) is 1.48. The Morgan fingerprint density at radius 3 is 1.57 bits per heavy atom. The Balaban J connectivity index is 0.000000360. The number of benzene rings is 1. The largest absolute Gasteiger partial charge is 2.00 e. The predicted molar refractivity (Wildman–Crippen MR) is 25.3 cm³/mol. The van der Waals surface area contributed by atoms with Crippen molar-refractivity contribution in [2.24, 2.45) is 0 Å². The monoisotopic (exact) mass is 141 g/mol. The van der Waals surface area contributed by atoms with Crippen LogP contribution >= 0.6 is 0 Å². The molecule has 0 radical (unpaired) electrons. The fraction of sp³-hybridized carbons (Fsp3) is 0. The van der Waals surface area contributed by atoms with Crippen molar-refractivity contribution in [2.75, 3.05) is 0 Å². The van der Waals surface area contributed by atoms with Crippen molar-refractivity contribution in [2.45, 2.75) is 0 Å². The standard InChI is InChI=1S/C6H5.Zn/c1-2-4-6-5-3-1;/h1-5H;/q-1;+2. The van der Waals surface area contributed by atoms with Gasteiger partial charge in [0, 0.05) is 0 Å². The molecular formula is C6H5Zn+. The molecule has 0 aliphatic rings. The Kier molecular flexibility index (Phi) is 3.92. The second kappa shape index (κ2) is 4.01. The van der Waals surface area contributed by atoms with Gasteiger partial charge in [-0.1, -0.05) is 0 Å². The summed E-state index contributed by atoms with van der Waals surface area (Å²) in [5.74, 6) is 0. The van der Waals surface area contributed by atoms with Crippen molar-refractivity contribution < 1.29 is 19.5 Å². The summed E-state index contributed by atoms with van der Waals surface area (Å²) >= 11 is 0. The summed E-state index contributed by atoms with van der Waals surface area (Å²) in [6.45, 7) is 0. The molecule has 1 rings (SSSR count). The molecular weight excluding hydrogens is 137 g/mol. The van der Waals surface area contributed by atoms with Gasteiger partial charge in [-0.25, -0.2) is 0 Å². The number of hydrogen-bond acceptors (Lipinski definition) is 0. The van der Waals surface area contributed by atoms with Gasteiger partial charge in [0.15, 0.2) is 0 Å². The molecule has 0 saturated heterocycles. The minimum atomic E-state index is 0. The first-order valence-electron chi connectivity index (χ1n) is 1.91. The average Bonchev–Trinajstić information content (AvgIpc) is 1.72. The van der Waals surface area contributed by atoms with Crippen LogP contribution in [0.25, 0.3) is 0 Å². The molecule has 0 fully saturated rings. The molecule has 1 aromatic rings. The first-order valence-corrected chi connectivity index (χ1v) is 1.91. The first-order chi connectivity index (χ1) is 3.00. The SMILES string of the molecule is [Zn+2].[c-]1ccccc1. The summed E-state index contributed by atoms with van der Waals surface area (Å²) in [5.41, 5.74) is 0. The van der Waals surface area contributed by atoms with Gasteiger partial charge < -0.3 is 0 Å². The van der Waals surface area contributed by atoms with E-state index < -0.39 is 0 Å². The molecule has 0 heterocycles. The van der Waals surface area contributed by atoms with E-state index in [0.29, 0.717) is 0 Å². The van der Waals surface area contributed by atoms with Gasteiger partial charge in [0.2, 0.25) is 0 Å². The van der Waals surface area contributed by atoms with Gasteiger partial charge in [-0.3, -0.25) is 0 Å². The minimum absolute atomic E-state index is 0. The summed E-state index contributed by atoms with van der Waals surface area (Å²) in [4.78, 5) is 0. The third kappa shape index (κ3) is 2.53. The second-order valence-corrected chi connectivity index (χ2v) is 1.08. The normalized spacial score (nSPS) is 6.86. The van der Waals surface area contributed by atoms with E-state index in [2.05, 4.69) is 6.07 Å². The van der Waals surface area contributed by atoms with Gasteiger partial charge in [-0.15, -0.1) is 0 Å². The fourth-order valence-electron chi connectivity index (χ4n) is 0.342. The van der Waals surface area contributed by atoms with Gasteiger partial charge in [-0.05, 0) is 0 Å². The quantitative estimate of drug-likeness (QED) is 0.380. The molecule has 0 spiro atoms. The molecule has 0 aromatic heterocycles. The van der Waals surface area contributed by atoms with E-state index in [-0.39, 0.29) is 19.5 Å². The number of hydrogen-bond donors (Lipinski definition) is 0. The van der Waals surface area contributed by atoms with E-state index >= 15 is 0 Å². The molecule has 1 heteroatoms. The van der Waals surface area contributed by atoms with E-state index in [1.165, 1.54) is 0 Å². The van der Waals surface area contributed by atoms with Crippen molar-refractivity contribution in [3.8, 4) is 0 Å². The third-order valence-corrected chi connectivity index (χ3v) is 0.607. The van der Waals surface area contributed by atoms with Gasteiger partial charge >= 0.3 is 19.5 Å². The Hall–Kier alpha value is -0.157. The second-order valence-electron chi connectivity index (χ2n) is 1.08. The smallest absolute Gasteiger partial charge is 0.184 e. The maximum atomic E-state index is 2.89. The Morgan fingerprint density at radius 1 is 0.857 bits per heavy atom. The summed E-state index contributed by atoms with van der Waals surface area (Å²) in [6, 6.07) is 12.5. The van der Waals surface area contributed by atoms with Crippen molar-refractivity contribution >= 4 is 0 Å². The van der Waals surface area contributed by atoms with Crippen LogP contribution in [-0.4, -0.2) is 0 Å². The van der Waals surface area contributed by atoms with Crippen LogP contribution in [0.4, 0.5) is 0 Å². The fourth-order valence-corrected chi connectivity index (χ4v) is 0.342. The maximum absolute atomic E-state index is 2.89. The topological polar surface area (TPSA) is 0 Å². The minimum Gasteiger partial charge on any atom is -0.184 e. The summed E-state index contributed by atoms with van der Waals surface area (Å²) < 4.78 is 0. The molecule has 0 nitrogen and oxygen atoms in total. The average molecular weight is 142 g/mol. The van der Waals surface area contributed by atoms with E-state index in [0.717, 1.165) is 0 Å². The van der Waals surface area contributed by atoms with Crippen LogP contribution in [0.2, 0.25) is 0 Å². The van der Waals surface area contributed by atoms with Crippen LogP contribution in [0.15, 0.2) is 30.3 Å². The van der Waals surface area contributed by atoms with Gasteiger partial charge in [0.05, 0.1) is 0 Å². The molecule has 1 aromatic carbocycles. The molecule has 0 N–H and O–H groups in total. The molecule has 7 heavy (non-hydrogen) atoms. The summed E-state index contributed by atoms with van der Waals surface area (Å²) in [5, 5.41) is 0. The zero-order valence-electron chi connectivity index (χ0n) is 4.09. The third-order valence-electron chi connectivity index (χ3n) is 0.607. The van der Waals surface area contributed by atoms with Crippen LogP contribution in [-0.2, 0) is 19.5 Å². The molecule has 0 unspecified atom stereocenters. The molecule has 30 valence electrons. The van der Waals surface area contributed by atoms with Crippen LogP contribution in [0.3, 0.4) is 0 Å². The molecule has 0 amide bonds. The van der Waals surface area contributed by atoms with Gasteiger partial charge in [0.1, 0.15) is 0 Å². The molecule has 0 saturated carbocycles. The number of rotatable bonds is 0. The van der Waals surface area contributed by atoms with Crippen molar-refractivity contribution in [3.63, 3.8) is 0 Å². The summed E-state index contributed by atoms with van der Waals surface area (Å²) in [6.07, 6.45) is 0. The zero-order valence-corrected chi connectivity index (χ0v) is 7.06. The molecule has 0 aliphatic carbocycles. The van der Waals surface area contributed by atoms with Crippen molar-refractivity contribution in [3.05, 3.63) is 36.4 Å². The van der Waals surface area contributed by atoms with E-state index in [1.54, 1.807) is 0 Å². The van der Waals surface area contributed by atoms with Crippen LogP contribution in [0.1, 0.15) is 0 Å². The first kappa shape index (κ1) is 6.84. The van der Waals surface area contributed by atoms with Crippen LogP contribution < -0.4 is 0 Å².